The fourth-order valence-electron chi connectivity index (χ4n) is 3.38. The average molecular weight is 382 g/mol. The minimum atomic E-state index is -0.000439. The van der Waals surface area contributed by atoms with Crippen molar-refractivity contribution in [1.29, 1.82) is 0 Å². The van der Waals surface area contributed by atoms with E-state index in [1.54, 1.807) is 22.4 Å². The molecule has 1 saturated heterocycles. The van der Waals surface area contributed by atoms with Crippen molar-refractivity contribution in [3.05, 3.63) is 59.4 Å². The SMILES string of the molecule is C=CCn1c(SCCN2CCOCC2)nc2cc3ccccc3cc2c1=O. The number of rotatable bonds is 6. The van der Waals surface area contributed by atoms with Crippen LogP contribution in [0.15, 0.2) is 59.0 Å². The summed E-state index contributed by atoms with van der Waals surface area (Å²) in [6, 6.07) is 12.0. The molecule has 2 heterocycles. The summed E-state index contributed by atoms with van der Waals surface area (Å²) in [7, 11) is 0. The Morgan fingerprint density at radius 2 is 1.93 bits per heavy atom. The topological polar surface area (TPSA) is 47.4 Å². The second-order valence-corrected chi connectivity index (χ2v) is 7.68. The summed E-state index contributed by atoms with van der Waals surface area (Å²) in [4.78, 5) is 20.3. The lowest BCUT2D eigenvalue weighted by Gasteiger charge is -2.26. The van der Waals surface area contributed by atoms with Gasteiger partial charge < -0.3 is 4.74 Å². The van der Waals surface area contributed by atoms with Crippen molar-refractivity contribution in [3.8, 4) is 0 Å². The molecule has 1 fully saturated rings. The van der Waals surface area contributed by atoms with Gasteiger partial charge in [0.25, 0.3) is 5.56 Å². The van der Waals surface area contributed by atoms with Crippen molar-refractivity contribution in [1.82, 2.24) is 14.5 Å². The Hall–Kier alpha value is -2.15. The molecule has 0 N–H and O–H groups in total. The molecule has 0 unspecified atom stereocenters. The summed E-state index contributed by atoms with van der Waals surface area (Å²) in [6.45, 7) is 8.77. The third-order valence-corrected chi connectivity index (χ3v) is 5.80. The standard InChI is InChI=1S/C21H23N3O2S/c1-2-7-24-20(25)18-14-16-5-3-4-6-17(16)15-19(18)22-21(24)27-13-10-23-8-11-26-12-9-23/h2-6,14-15H,1,7-13H2. The summed E-state index contributed by atoms with van der Waals surface area (Å²) >= 11 is 1.64. The molecular formula is C21H23N3O2S. The third kappa shape index (κ3) is 3.93. The van der Waals surface area contributed by atoms with Crippen LogP contribution in [0.4, 0.5) is 0 Å². The number of morpholine rings is 1. The number of ether oxygens (including phenoxy) is 1. The van der Waals surface area contributed by atoms with Gasteiger partial charge in [0.05, 0.1) is 24.1 Å². The quantitative estimate of drug-likeness (QED) is 0.284. The van der Waals surface area contributed by atoms with Gasteiger partial charge in [0.15, 0.2) is 5.16 Å². The van der Waals surface area contributed by atoms with E-state index < -0.39 is 0 Å². The zero-order valence-electron chi connectivity index (χ0n) is 15.3. The van der Waals surface area contributed by atoms with Crippen LogP contribution in [0.1, 0.15) is 0 Å². The fraction of sp³-hybridized carbons (Fsp3) is 0.333. The Kier molecular flexibility index (Phi) is 5.57. The Morgan fingerprint density at radius 1 is 1.19 bits per heavy atom. The van der Waals surface area contributed by atoms with Gasteiger partial charge in [-0.15, -0.1) is 6.58 Å². The lowest BCUT2D eigenvalue weighted by Crippen LogP contribution is -2.37. The van der Waals surface area contributed by atoms with Gasteiger partial charge in [0, 0.05) is 31.9 Å². The molecule has 5 nitrogen and oxygen atoms in total. The maximum Gasteiger partial charge on any atom is 0.262 e. The monoisotopic (exact) mass is 381 g/mol. The zero-order valence-corrected chi connectivity index (χ0v) is 16.1. The van der Waals surface area contributed by atoms with Crippen LogP contribution >= 0.6 is 11.8 Å². The largest absolute Gasteiger partial charge is 0.379 e. The Balaban J connectivity index is 1.67. The van der Waals surface area contributed by atoms with Gasteiger partial charge >= 0.3 is 0 Å². The molecule has 0 atom stereocenters. The molecule has 4 rings (SSSR count). The molecule has 1 aliphatic rings. The molecule has 140 valence electrons. The normalized spacial score (nSPS) is 15.4. The van der Waals surface area contributed by atoms with E-state index in [-0.39, 0.29) is 5.56 Å². The molecule has 1 aliphatic heterocycles. The van der Waals surface area contributed by atoms with Crippen LogP contribution in [-0.2, 0) is 11.3 Å². The van der Waals surface area contributed by atoms with Gasteiger partial charge in [-0.2, -0.15) is 0 Å². The Labute approximate surface area is 162 Å². The number of allylic oxidation sites excluding steroid dienone is 1. The van der Waals surface area contributed by atoms with Crippen molar-refractivity contribution in [2.24, 2.45) is 0 Å². The van der Waals surface area contributed by atoms with Gasteiger partial charge in [-0.25, -0.2) is 4.98 Å². The lowest BCUT2D eigenvalue weighted by molar-refractivity contribution is 0.0410. The minimum Gasteiger partial charge on any atom is -0.379 e. The molecule has 1 aromatic heterocycles. The average Bonchev–Trinajstić information content (AvgIpc) is 2.70. The summed E-state index contributed by atoms with van der Waals surface area (Å²) in [5.41, 5.74) is 0.757. The van der Waals surface area contributed by atoms with Crippen molar-refractivity contribution in [2.75, 3.05) is 38.6 Å². The third-order valence-electron chi connectivity index (χ3n) is 4.84. The predicted octanol–water partition coefficient (Wildman–Crippen LogP) is 3.16. The summed E-state index contributed by atoms with van der Waals surface area (Å²) in [5.74, 6) is 0.892. The number of benzene rings is 2. The van der Waals surface area contributed by atoms with E-state index in [0.29, 0.717) is 11.9 Å². The molecule has 0 saturated carbocycles. The highest BCUT2D eigenvalue weighted by molar-refractivity contribution is 7.99. The molecule has 0 amide bonds. The van der Waals surface area contributed by atoms with Crippen LogP contribution in [0.2, 0.25) is 0 Å². The molecule has 3 aromatic rings. The molecule has 0 aliphatic carbocycles. The van der Waals surface area contributed by atoms with Crippen LogP contribution < -0.4 is 5.56 Å². The maximum absolute atomic E-state index is 13.1. The van der Waals surface area contributed by atoms with Gasteiger partial charge in [0.1, 0.15) is 0 Å². The van der Waals surface area contributed by atoms with E-state index in [1.165, 1.54) is 0 Å². The molecule has 0 spiro atoms. The maximum atomic E-state index is 13.1. The zero-order chi connectivity index (χ0) is 18.6. The molecule has 0 radical (unpaired) electrons. The highest BCUT2D eigenvalue weighted by Crippen LogP contribution is 2.23. The Morgan fingerprint density at radius 3 is 2.67 bits per heavy atom. The van der Waals surface area contributed by atoms with E-state index >= 15 is 0 Å². The van der Waals surface area contributed by atoms with Crippen molar-refractivity contribution >= 4 is 33.4 Å². The first-order valence-electron chi connectivity index (χ1n) is 9.23. The molecule has 2 aromatic carbocycles. The first kappa shape index (κ1) is 18.2. The second kappa shape index (κ2) is 8.25. The number of nitrogens with zero attached hydrogens (tertiary/aromatic N) is 3. The summed E-state index contributed by atoms with van der Waals surface area (Å²) in [5, 5.41) is 3.58. The number of fused-ring (bicyclic) bond motifs is 2. The summed E-state index contributed by atoms with van der Waals surface area (Å²) < 4.78 is 7.13. The smallest absolute Gasteiger partial charge is 0.262 e. The van der Waals surface area contributed by atoms with Crippen molar-refractivity contribution in [3.63, 3.8) is 0 Å². The molecule has 27 heavy (non-hydrogen) atoms. The van der Waals surface area contributed by atoms with Crippen molar-refractivity contribution < 1.29 is 4.74 Å². The number of hydrogen-bond acceptors (Lipinski definition) is 5. The van der Waals surface area contributed by atoms with Crippen LogP contribution in [0, 0.1) is 0 Å². The van der Waals surface area contributed by atoms with Crippen LogP contribution in [0.3, 0.4) is 0 Å². The molecular weight excluding hydrogens is 358 g/mol. The van der Waals surface area contributed by atoms with Crippen molar-refractivity contribution in [2.45, 2.75) is 11.7 Å². The van der Waals surface area contributed by atoms with Crippen LogP contribution in [0.25, 0.3) is 21.7 Å². The van der Waals surface area contributed by atoms with E-state index in [9.17, 15) is 4.79 Å². The van der Waals surface area contributed by atoms with Gasteiger partial charge in [-0.05, 0) is 22.9 Å². The first-order valence-corrected chi connectivity index (χ1v) is 10.2. The fourth-order valence-corrected chi connectivity index (χ4v) is 4.39. The summed E-state index contributed by atoms with van der Waals surface area (Å²) in [6.07, 6.45) is 1.75. The van der Waals surface area contributed by atoms with Gasteiger partial charge in [-0.1, -0.05) is 42.1 Å². The minimum absolute atomic E-state index is 0.000439. The molecule has 0 bridgehead atoms. The number of aromatic nitrogens is 2. The number of hydrogen-bond donors (Lipinski definition) is 0. The van der Waals surface area contributed by atoms with E-state index in [0.717, 1.165) is 60.0 Å². The molecule has 6 heteroatoms. The predicted molar refractivity (Wildman–Crippen MR) is 112 cm³/mol. The van der Waals surface area contributed by atoms with Crippen LogP contribution in [-0.4, -0.2) is 53.1 Å². The van der Waals surface area contributed by atoms with E-state index in [2.05, 4.69) is 17.5 Å². The first-order chi connectivity index (χ1) is 13.3. The number of thioether (sulfide) groups is 1. The Bertz CT molecular complexity index is 1030. The second-order valence-electron chi connectivity index (χ2n) is 6.62. The highest BCUT2D eigenvalue weighted by atomic mass is 32.2. The van der Waals surface area contributed by atoms with E-state index in [4.69, 9.17) is 9.72 Å². The van der Waals surface area contributed by atoms with Gasteiger partial charge in [-0.3, -0.25) is 14.3 Å². The van der Waals surface area contributed by atoms with E-state index in [1.807, 2.05) is 30.3 Å². The van der Waals surface area contributed by atoms with Gasteiger partial charge in [0.2, 0.25) is 0 Å². The highest BCUT2D eigenvalue weighted by Gasteiger charge is 2.14. The lowest BCUT2D eigenvalue weighted by atomic mass is 10.1. The van der Waals surface area contributed by atoms with Crippen LogP contribution in [0.5, 0.6) is 0 Å².